The molecule has 0 saturated carbocycles. The molecule has 21 heavy (non-hydrogen) atoms. The number of benzene rings is 2. The van der Waals surface area contributed by atoms with Crippen molar-refractivity contribution in [3.8, 4) is 0 Å². The standard InChI is InChI=1S/C15H14Cl2N2O2/c1-10(11-5-2-3-6-13(11)16)18-9-12-14(17)7-4-8-15(12)19(20)21/h2-8,10,18H,9H2,1H3/t10-/m0/s1. The van der Waals surface area contributed by atoms with Crippen LogP contribution in [0.25, 0.3) is 0 Å². The smallest absolute Gasteiger partial charge is 0.275 e. The summed E-state index contributed by atoms with van der Waals surface area (Å²) in [6.45, 7) is 2.24. The van der Waals surface area contributed by atoms with Gasteiger partial charge in [-0.05, 0) is 24.6 Å². The Morgan fingerprint density at radius 2 is 1.81 bits per heavy atom. The molecule has 0 radical (unpaired) electrons. The second kappa shape index (κ2) is 6.89. The van der Waals surface area contributed by atoms with E-state index in [2.05, 4.69) is 5.32 Å². The average molecular weight is 325 g/mol. The Morgan fingerprint density at radius 3 is 2.48 bits per heavy atom. The molecule has 0 aromatic heterocycles. The van der Waals surface area contributed by atoms with Crippen LogP contribution in [0.3, 0.4) is 0 Å². The maximum absolute atomic E-state index is 11.0. The molecule has 0 aliphatic heterocycles. The Morgan fingerprint density at radius 1 is 1.14 bits per heavy atom. The average Bonchev–Trinajstić information content (AvgIpc) is 2.45. The lowest BCUT2D eigenvalue weighted by Crippen LogP contribution is -2.19. The minimum atomic E-state index is -0.428. The van der Waals surface area contributed by atoms with Crippen LogP contribution in [0, 0.1) is 10.1 Å². The topological polar surface area (TPSA) is 55.2 Å². The lowest BCUT2D eigenvalue weighted by atomic mass is 10.1. The molecule has 4 nitrogen and oxygen atoms in total. The second-order valence-corrected chi connectivity index (χ2v) is 5.43. The van der Waals surface area contributed by atoms with Crippen molar-refractivity contribution in [1.82, 2.24) is 5.32 Å². The van der Waals surface area contributed by atoms with E-state index in [1.54, 1.807) is 12.1 Å². The van der Waals surface area contributed by atoms with E-state index in [1.165, 1.54) is 6.07 Å². The summed E-state index contributed by atoms with van der Waals surface area (Å²) in [7, 11) is 0. The van der Waals surface area contributed by atoms with Crippen LogP contribution in [0.4, 0.5) is 5.69 Å². The normalized spacial score (nSPS) is 12.1. The third kappa shape index (κ3) is 3.73. The molecule has 0 heterocycles. The van der Waals surface area contributed by atoms with Crippen molar-refractivity contribution >= 4 is 28.9 Å². The maximum Gasteiger partial charge on any atom is 0.275 e. The van der Waals surface area contributed by atoms with Gasteiger partial charge >= 0.3 is 0 Å². The first-order chi connectivity index (χ1) is 10.0. The molecule has 0 amide bonds. The van der Waals surface area contributed by atoms with Crippen LogP contribution < -0.4 is 5.32 Å². The van der Waals surface area contributed by atoms with Crippen LogP contribution >= 0.6 is 23.2 Å². The molecular formula is C15H14Cl2N2O2. The van der Waals surface area contributed by atoms with Gasteiger partial charge in [-0.1, -0.05) is 47.5 Å². The first-order valence-electron chi connectivity index (χ1n) is 6.40. The van der Waals surface area contributed by atoms with E-state index in [1.807, 2.05) is 31.2 Å². The number of nitrogens with one attached hydrogen (secondary N) is 1. The minimum absolute atomic E-state index is 0.0151. The number of hydrogen-bond donors (Lipinski definition) is 1. The molecule has 1 N–H and O–H groups in total. The molecule has 6 heteroatoms. The van der Waals surface area contributed by atoms with Crippen molar-refractivity contribution in [3.63, 3.8) is 0 Å². The predicted molar refractivity (Wildman–Crippen MR) is 84.8 cm³/mol. The molecule has 0 fully saturated rings. The third-order valence-corrected chi connectivity index (χ3v) is 3.95. The molecule has 0 spiro atoms. The summed E-state index contributed by atoms with van der Waals surface area (Å²) < 4.78 is 0. The molecule has 0 bridgehead atoms. The second-order valence-electron chi connectivity index (χ2n) is 4.62. The monoisotopic (exact) mass is 324 g/mol. The van der Waals surface area contributed by atoms with Crippen LogP contribution in [-0.4, -0.2) is 4.92 Å². The van der Waals surface area contributed by atoms with E-state index in [4.69, 9.17) is 23.2 Å². The van der Waals surface area contributed by atoms with Gasteiger partial charge < -0.3 is 5.32 Å². The largest absolute Gasteiger partial charge is 0.306 e. The molecule has 2 aromatic carbocycles. The van der Waals surface area contributed by atoms with E-state index >= 15 is 0 Å². The molecule has 2 rings (SSSR count). The highest BCUT2D eigenvalue weighted by atomic mass is 35.5. The quantitative estimate of drug-likeness (QED) is 0.637. The first kappa shape index (κ1) is 15.8. The van der Waals surface area contributed by atoms with E-state index in [0.717, 1.165) is 5.56 Å². The van der Waals surface area contributed by atoms with Gasteiger partial charge in [0.1, 0.15) is 0 Å². The van der Waals surface area contributed by atoms with Crippen molar-refractivity contribution in [3.05, 3.63) is 73.8 Å². The van der Waals surface area contributed by atoms with E-state index in [9.17, 15) is 10.1 Å². The van der Waals surface area contributed by atoms with Gasteiger partial charge in [-0.3, -0.25) is 10.1 Å². The number of nitrogens with zero attached hydrogens (tertiary/aromatic N) is 1. The van der Waals surface area contributed by atoms with Gasteiger partial charge in [-0.15, -0.1) is 0 Å². The Kier molecular flexibility index (Phi) is 5.17. The Hall–Kier alpha value is -1.62. The molecule has 1 atom stereocenters. The summed E-state index contributed by atoms with van der Waals surface area (Å²) in [6.07, 6.45) is 0. The Labute approximate surface area is 132 Å². The molecule has 0 aliphatic rings. The summed E-state index contributed by atoms with van der Waals surface area (Å²) in [5.74, 6) is 0. The van der Waals surface area contributed by atoms with Crippen LogP contribution in [0.2, 0.25) is 10.0 Å². The van der Waals surface area contributed by atoms with Gasteiger partial charge in [-0.2, -0.15) is 0 Å². The fourth-order valence-electron chi connectivity index (χ4n) is 2.08. The number of halogens is 2. The highest BCUT2D eigenvalue weighted by Gasteiger charge is 2.17. The number of nitro benzene ring substituents is 1. The lowest BCUT2D eigenvalue weighted by Gasteiger charge is -2.16. The summed E-state index contributed by atoms with van der Waals surface area (Å²) in [6, 6.07) is 12.1. The molecular weight excluding hydrogens is 311 g/mol. The van der Waals surface area contributed by atoms with Crippen molar-refractivity contribution in [2.45, 2.75) is 19.5 Å². The van der Waals surface area contributed by atoms with Crippen molar-refractivity contribution in [2.75, 3.05) is 0 Å². The molecule has 2 aromatic rings. The number of hydrogen-bond acceptors (Lipinski definition) is 3. The maximum atomic E-state index is 11.0. The molecule has 0 aliphatic carbocycles. The van der Waals surface area contributed by atoms with Crippen LogP contribution in [-0.2, 0) is 6.54 Å². The van der Waals surface area contributed by atoms with Crippen molar-refractivity contribution in [1.29, 1.82) is 0 Å². The van der Waals surface area contributed by atoms with Gasteiger partial charge in [0.05, 0.1) is 15.5 Å². The van der Waals surface area contributed by atoms with E-state index in [0.29, 0.717) is 22.2 Å². The summed E-state index contributed by atoms with van der Waals surface area (Å²) in [5.41, 5.74) is 1.43. The zero-order valence-electron chi connectivity index (χ0n) is 11.3. The predicted octanol–water partition coefficient (Wildman–Crippen LogP) is 4.75. The summed E-state index contributed by atoms with van der Waals surface area (Å²) >= 11 is 12.2. The highest BCUT2D eigenvalue weighted by molar-refractivity contribution is 6.31. The van der Waals surface area contributed by atoms with Crippen LogP contribution in [0.5, 0.6) is 0 Å². The SMILES string of the molecule is C[C@H](NCc1c(Cl)cccc1[N+](=O)[O-])c1ccccc1Cl. The first-order valence-corrected chi connectivity index (χ1v) is 7.16. The molecule has 0 saturated heterocycles. The zero-order chi connectivity index (χ0) is 15.4. The number of rotatable bonds is 5. The lowest BCUT2D eigenvalue weighted by molar-refractivity contribution is -0.385. The van der Waals surface area contributed by atoms with Crippen molar-refractivity contribution in [2.24, 2.45) is 0 Å². The van der Waals surface area contributed by atoms with Gasteiger partial charge in [0.2, 0.25) is 0 Å². The fourth-order valence-corrected chi connectivity index (χ4v) is 2.62. The zero-order valence-corrected chi connectivity index (χ0v) is 12.9. The van der Waals surface area contributed by atoms with Gasteiger partial charge in [0.25, 0.3) is 5.69 Å². The van der Waals surface area contributed by atoms with Crippen molar-refractivity contribution < 1.29 is 4.92 Å². The fraction of sp³-hybridized carbons (Fsp3) is 0.200. The third-order valence-electron chi connectivity index (χ3n) is 3.25. The highest BCUT2D eigenvalue weighted by Crippen LogP contribution is 2.28. The van der Waals surface area contributed by atoms with Gasteiger partial charge in [0.15, 0.2) is 0 Å². The van der Waals surface area contributed by atoms with E-state index in [-0.39, 0.29) is 11.7 Å². The van der Waals surface area contributed by atoms with Crippen LogP contribution in [0.15, 0.2) is 42.5 Å². The minimum Gasteiger partial charge on any atom is -0.306 e. The Balaban J connectivity index is 2.17. The van der Waals surface area contributed by atoms with Gasteiger partial charge in [0, 0.05) is 23.7 Å². The molecule has 110 valence electrons. The van der Waals surface area contributed by atoms with E-state index < -0.39 is 4.92 Å². The summed E-state index contributed by atoms with van der Waals surface area (Å²) in [4.78, 5) is 10.6. The number of nitro groups is 1. The Bertz CT molecular complexity index is 662. The summed E-state index contributed by atoms with van der Waals surface area (Å²) in [5, 5.41) is 15.3. The molecule has 0 unspecified atom stereocenters. The van der Waals surface area contributed by atoms with Crippen LogP contribution in [0.1, 0.15) is 24.1 Å². The van der Waals surface area contributed by atoms with Gasteiger partial charge in [-0.25, -0.2) is 0 Å².